The average Bonchev–Trinajstić information content (AvgIpc) is 2.75. The van der Waals surface area contributed by atoms with Gasteiger partial charge in [0.2, 0.25) is 0 Å². The molecule has 2 fully saturated rings. The van der Waals surface area contributed by atoms with Crippen LogP contribution in [0.2, 0.25) is 0 Å². The molecule has 2 nitrogen and oxygen atoms in total. The normalized spacial score (nSPS) is 34.1. The fourth-order valence-electron chi connectivity index (χ4n) is 3.06. The van der Waals surface area contributed by atoms with Gasteiger partial charge in [0, 0.05) is 19.6 Å². The minimum Gasteiger partial charge on any atom is -0.330 e. The molecule has 1 aromatic carbocycles. The van der Waals surface area contributed by atoms with E-state index in [9.17, 15) is 0 Å². The molecule has 15 heavy (non-hydrogen) atoms. The van der Waals surface area contributed by atoms with Gasteiger partial charge in [0.05, 0.1) is 0 Å². The lowest BCUT2D eigenvalue weighted by molar-refractivity contribution is 0.279. The Morgan fingerprint density at radius 2 is 1.80 bits per heavy atom. The van der Waals surface area contributed by atoms with Crippen molar-refractivity contribution in [3.63, 3.8) is 0 Å². The Kier molecular flexibility index (Phi) is 2.26. The summed E-state index contributed by atoms with van der Waals surface area (Å²) in [5, 5.41) is 0. The van der Waals surface area contributed by atoms with E-state index < -0.39 is 0 Å². The largest absolute Gasteiger partial charge is 0.330 e. The Morgan fingerprint density at radius 1 is 1.13 bits per heavy atom. The molecule has 1 heterocycles. The maximum Gasteiger partial charge on any atom is 0.0233 e. The van der Waals surface area contributed by atoms with Crippen LogP contribution >= 0.6 is 0 Å². The quantitative estimate of drug-likeness (QED) is 0.801. The number of nitrogens with zero attached hydrogens (tertiary/aromatic N) is 1. The highest BCUT2D eigenvalue weighted by atomic mass is 15.2. The van der Waals surface area contributed by atoms with Crippen LogP contribution in [-0.4, -0.2) is 24.5 Å². The van der Waals surface area contributed by atoms with Gasteiger partial charge in [0.15, 0.2) is 0 Å². The summed E-state index contributed by atoms with van der Waals surface area (Å²) >= 11 is 0. The van der Waals surface area contributed by atoms with E-state index in [1.165, 1.54) is 18.7 Å². The van der Waals surface area contributed by atoms with E-state index in [1.807, 2.05) is 0 Å². The molecule has 80 valence electrons. The van der Waals surface area contributed by atoms with Gasteiger partial charge in [0.1, 0.15) is 0 Å². The number of rotatable bonds is 3. The van der Waals surface area contributed by atoms with Crippen LogP contribution in [0.25, 0.3) is 0 Å². The average molecular weight is 202 g/mol. The highest BCUT2D eigenvalue weighted by molar-refractivity contribution is 5.16. The lowest BCUT2D eigenvalue weighted by Crippen LogP contribution is -2.25. The lowest BCUT2D eigenvalue weighted by atomic mass is 10.2. The van der Waals surface area contributed by atoms with Gasteiger partial charge in [-0.2, -0.15) is 0 Å². The summed E-state index contributed by atoms with van der Waals surface area (Å²) in [5.41, 5.74) is 7.14. The van der Waals surface area contributed by atoms with Gasteiger partial charge in [-0.05, 0) is 29.9 Å². The molecule has 2 atom stereocenters. The van der Waals surface area contributed by atoms with E-state index in [4.69, 9.17) is 5.73 Å². The molecule has 0 aromatic heterocycles. The zero-order chi connectivity index (χ0) is 10.3. The second-order valence-corrected chi connectivity index (χ2v) is 4.91. The maximum atomic E-state index is 5.70. The van der Waals surface area contributed by atoms with Crippen molar-refractivity contribution in [1.29, 1.82) is 0 Å². The minimum absolute atomic E-state index is 0.844. The van der Waals surface area contributed by atoms with Crippen molar-refractivity contribution < 1.29 is 0 Å². The molecule has 2 aliphatic rings. The van der Waals surface area contributed by atoms with Gasteiger partial charge >= 0.3 is 0 Å². The summed E-state index contributed by atoms with van der Waals surface area (Å²) in [5.74, 6) is 2.68. The fourth-order valence-corrected chi connectivity index (χ4v) is 3.06. The highest BCUT2D eigenvalue weighted by Gasteiger charge is 2.54. The lowest BCUT2D eigenvalue weighted by Gasteiger charge is -2.18. The zero-order valence-electron chi connectivity index (χ0n) is 8.97. The van der Waals surface area contributed by atoms with Crippen molar-refractivity contribution in [3.05, 3.63) is 35.9 Å². The standard InChI is InChI=1S/C13H18N2/c14-6-11-12-8-15(9-13(11)12)7-10-4-2-1-3-5-10/h1-5,11-13H,6-9,14H2/t12-,13-/m1/s1. The van der Waals surface area contributed by atoms with Crippen molar-refractivity contribution in [1.82, 2.24) is 4.90 Å². The first-order valence-corrected chi connectivity index (χ1v) is 5.85. The molecule has 0 spiro atoms. The molecular weight excluding hydrogens is 184 g/mol. The first-order chi connectivity index (χ1) is 7.38. The van der Waals surface area contributed by atoms with Crippen LogP contribution in [0.5, 0.6) is 0 Å². The van der Waals surface area contributed by atoms with Gasteiger partial charge in [-0.25, -0.2) is 0 Å². The third kappa shape index (κ3) is 1.68. The van der Waals surface area contributed by atoms with E-state index in [1.54, 1.807) is 0 Å². The molecule has 1 aliphatic heterocycles. The number of nitrogens with two attached hydrogens (primary N) is 1. The molecule has 1 aliphatic carbocycles. The van der Waals surface area contributed by atoms with E-state index in [0.29, 0.717) is 0 Å². The zero-order valence-corrected chi connectivity index (χ0v) is 8.97. The molecule has 0 bridgehead atoms. The summed E-state index contributed by atoms with van der Waals surface area (Å²) in [6.45, 7) is 4.54. The van der Waals surface area contributed by atoms with Gasteiger partial charge in [-0.15, -0.1) is 0 Å². The van der Waals surface area contributed by atoms with Crippen molar-refractivity contribution in [2.75, 3.05) is 19.6 Å². The van der Waals surface area contributed by atoms with Crippen molar-refractivity contribution in [2.24, 2.45) is 23.5 Å². The van der Waals surface area contributed by atoms with Gasteiger partial charge < -0.3 is 5.73 Å². The van der Waals surface area contributed by atoms with Gasteiger partial charge in [-0.3, -0.25) is 4.90 Å². The smallest absolute Gasteiger partial charge is 0.0233 e. The van der Waals surface area contributed by atoms with Crippen LogP contribution in [0.1, 0.15) is 5.56 Å². The Balaban J connectivity index is 1.56. The van der Waals surface area contributed by atoms with Crippen LogP contribution in [0, 0.1) is 17.8 Å². The maximum absolute atomic E-state index is 5.70. The summed E-state index contributed by atoms with van der Waals surface area (Å²) in [4.78, 5) is 2.57. The Labute approximate surface area is 91.1 Å². The van der Waals surface area contributed by atoms with Crippen LogP contribution < -0.4 is 5.73 Å². The number of benzene rings is 1. The van der Waals surface area contributed by atoms with Crippen molar-refractivity contribution >= 4 is 0 Å². The van der Waals surface area contributed by atoms with E-state index in [-0.39, 0.29) is 0 Å². The Hall–Kier alpha value is -0.860. The first-order valence-electron chi connectivity index (χ1n) is 5.85. The third-order valence-corrected chi connectivity index (χ3v) is 3.97. The van der Waals surface area contributed by atoms with E-state index in [0.717, 1.165) is 30.8 Å². The van der Waals surface area contributed by atoms with E-state index in [2.05, 4.69) is 35.2 Å². The monoisotopic (exact) mass is 202 g/mol. The SMILES string of the molecule is NCC1[C@H]2CN(Cc3ccccc3)C[C@H]12. The predicted molar refractivity (Wildman–Crippen MR) is 61.2 cm³/mol. The van der Waals surface area contributed by atoms with Gasteiger partial charge in [-0.1, -0.05) is 30.3 Å². The molecule has 2 heteroatoms. The summed E-state index contributed by atoms with van der Waals surface area (Å²) in [7, 11) is 0. The molecule has 0 unspecified atom stereocenters. The van der Waals surface area contributed by atoms with Crippen LogP contribution in [-0.2, 0) is 6.54 Å². The van der Waals surface area contributed by atoms with Crippen LogP contribution in [0.4, 0.5) is 0 Å². The number of hydrogen-bond donors (Lipinski definition) is 1. The Morgan fingerprint density at radius 3 is 2.40 bits per heavy atom. The number of hydrogen-bond acceptors (Lipinski definition) is 2. The first kappa shape index (κ1) is 9.37. The molecule has 1 saturated carbocycles. The summed E-state index contributed by atoms with van der Waals surface area (Å²) in [6.07, 6.45) is 0. The molecule has 1 saturated heterocycles. The number of fused-ring (bicyclic) bond motifs is 1. The minimum atomic E-state index is 0.844. The number of likely N-dealkylation sites (tertiary alicyclic amines) is 1. The molecule has 2 N–H and O–H groups in total. The predicted octanol–water partition coefficient (Wildman–Crippen LogP) is 1.32. The molecular formula is C13H18N2. The third-order valence-electron chi connectivity index (χ3n) is 3.97. The number of piperidine rings is 1. The second kappa shape index (κ2) is 3.62. The molecule has 0 amide bonds. The van der Waals surface area contributed by atoms with Crippen LogP contribution in [0.15, 0.2) is 30.3 Å². The molecule has 0 radical (unpaired) electrons. The van der Waals surface area contributed by atoms with E-state index >= 15 is 0 Å². The topological polar surface area (TPSA) is 29.3 Å². The summed E-state index contributed by atoms with van der Waals surface area (Å²) < 4.78 is 0. The van der Waals surface area contributed by atoms with Gasteiger partial charge in [0.25, 0.3) is 0 Å². The molecule has 1 aromatic rings. The highest BCUT2D eigenvalue weighted by Crippen LogP contribution is 2.51. The van der Waals surface area contributed by atoms with Crippen molar-refractivity contribution in [3.8, 4) is 0 Å². The molecule has 3 rings (SSSR count). The second-order valence-electron chi connectivity index (χ2n) is 4.91. The van der Waals surface area contributed by atoms with Crippen molar-refractivity contribution in [2.45, 2.75) is 6.54 Å². The fraction of sp³-hybridized carbons (Fsp3) is 0.538. The summed E-state index contributed by atoms with van der Waals surface area (Å²) in [6, 6.07) is 10.7. The van der Waals surface area contributed by atoms with Crippen LogP contribution in [0.3, 0.4) is 0 Å². The Bertz CT molecular complexity index is 324.